The number of nitrogens with zero attached hydrogens (tertiary/aromatic N) is 4. The zero-order chi connectivity index (χ0) is 27.1. The quantitative estimate of drug-likeness (QED) is 0.324. The van der Waals surface area contributed by atoms with Crippen molar-refractivity contribution >= 4 is 33.9 Å². The van der Waals surface area contributed by atoms with Crippen LogP contribution in [-0.4, -0.2) is 22.6 Å². The Hall–Kier alpha value is -3.98. The molecule has 1 fully saturated rings. The van der Waals surface area contributed by atoms with Crippen LogP contribution in [0.3, 0.4) is 0 Å². The Labute approximate surface area is 223 Å². The van der Waals surface area contributed by atoms with Crippen molar-refractivity contribution in [1.29, 1.82) is 10.5 Å². The molecule has 2 aromatic carbocycles. The van der Waals surface area contributed by atoms with E-state index in [2.05, 4.69) is 59.5 Å². The number of hydrogen-bond acceptors (Lipinski definition) is 8. The van der Waals surface area contributed by atoms with E-state index in [-0.39, 0.29) is 5.41 Å². The van der Waals surface area contributed by atoms with E-state index in [1.165, 1.54) is 6.20 Å². The summed E-state index contributed by atoms with van der Waals surface area (Å²) in [6, 6.07) is 13.9. The van der Waals surface area contributed by atoms with Crippen molar-refractivity contribution in [3.05, 3.63) is 76.2 Å². The molecule has 1 atom stereocenters. The normalized spacial score (nSPS) is 17.2. The summed E-state index contributed by atoms with van der Waals surface area (Å²) < 4.78 is 9.65. The average Bonchev–Trinajstić information content (AvgIpc) is 3.62. The summed E-state index contributed by atoms with van der Waals surface area (Å²) in [6.45, 7) is 6.97. The number of rotatable bonds is 7. The largest absolute Gasteiger partial charge is 0.383 e. The van der Waals surface area contributed by atoms with Gasteiger partial charge in [0.05, 0.1) is 46.5 Å². The minimum atomic E-state index is -1.49. The topological polar surface area (TPSA) is 112 Å². The summed E-state index contributed by atoms with van der Waals surface area (Å²) >= 11 is 6.71. The Balaban J connectivity index is 1.61. The summed E-state index contributed by atoms with van der Waals surface area (Å²) in [6.07, 6.45) is 5.59. The van der Waals surface area contributed by atoms with Crippen molar-refractivity contribution in [3.63, 3.8) is 0 Å². The van der Waals surface area contributed by atoms with Crippen molar-refractivity contribution in [3.8, 4) is 12.1 Å². The van der Waals surface area contributed by atoms with Crippen LogP contribution in [0.4, 0.5) is 11.4 Å². The van der Waals surface area contributed by atoms with E-state index < -0.39 is 6.02 Å². The molecule has 2 aliphatic rings. The zero-order valence-corrected chi connectivity index (χ0v) is 21.7. The molecule has 8 nitrogen and oxygen atoms in total. The second-order valence-corrected chi connectivity index (χ2v) is 10.9. The third-order valence-corrected chi connectivity index (χ3v) is 6.48. The van der Waals surface area contributed by atoms with Gasteiger partial charge in [-0.25, -0.2) is 0 Å². The molecule has 0 spiro atoms. The van der Waals surface area contributed by atoms with Gasteiger partial charge in [0.1, 0.15) is 6.07 Å². The van der Waals surface area contributed by atoms with Gasteiger partial charge in [-0.05, 0) is 48.1 Å². The fourth-order valence-electron chi connectivity index (χ4n) is 4.15. The molecule has 9 heteroatoms. The smallest absolute Gasteiger partial charge is 0.103 e. The lowest BCUT2D eigenvalue weighted by Gasteiger charge is -2.23. The summed E-state index contributed by atoms with van der Waals surface area (Å²) in [4.78, 5) is 4.44. The second-order valence-electron chi connectivity index (χ2n) is 10.5. The molecule has 3 aromatic rings. The minimum Gasteiger partial charge on any atom is -0.383 e. The molecule has 188 valence electrons. The van der Waals surface area contributed by atoms with Gasteiger partial charge >= 0.3 is 0 Å². The van der Waals surface area contributed by atoms with Crippen molar-refractivity contribution < 1.29 is 1.37 Å². The van der Waals surface area contributed by atoms with Gasteiger partial charge in [-0.3, -0.25) is 9.99 Å². The van der Waals surface area contributed by atoms with Crippen LogP contribution in [-0.2, 0) is 0 Å². The Kier molecular flexibility index (Phi) is 6.21. The number of hydrazine groups is 2. The molecule has 0 radical (unpaired) electrons. The number of anilines is 2. The third-order valence-electron chi connectivity index (χ3n) is 6.19. The average molecular weight is 514 g/mol. The number of halogens is 1. The maximum absolute atomic E-state index is 9.79. The van der Waals surface area contributed by atoms with Crippen molar-refractivity contribution in [2.45, 2.75) is 45.7 Å². The fraction of sp³-hybridized carbons (Fsp3) is 0.321. The molecule has 1 aromatic heterocycles. The van der Waals surface area contributed by atoms with Crippen molar-refractivity contribution in [2.24, 2.45) is 5.41 Å². The molecule has 5 rings (SSSR count). The number of nitriles is 2. The van der Waals surface area contributed by atoms with Crippen LogP contribution in [0.2, 0.25) is 5.02 Å². The standard InChI is InChI=1S/C28H29ClN8/c1-28(2,3)16-33-25-19(13-31)14-32-27-22(25)10-20(11-23(27)29)34-26(18-6-4-5-17(9-18)12-30)24-15-37(36-35-24)21-7-8-21/h4-6,9-11,14-15,21,26,34-36H,7-8,16H2,1-3H3,(H,32,33)/t26-/m1/s1/i26D. The molecule has 0 unspecified atom stereocenters. The predicted molar refractivity (Wildman–Crippen MR) is 146 cm³/mol. The van der Waals surface area contributed by atoms with Gasteiger partial charge in [0, 0.05) is 36.1 Å². The molecule has 1 aliphatic carbocycles. The maximum Gasteiger partial charge on any atom is 0.103 e. The van der Waals surface area contributed by atoms with Crippen LogP contribution in [0.1, 0.15) is 57.7 Å². The summed E-state index contributed by atoms with van der Waals surface area (Å²) in [5.74, 6) is 0. The lowest BCUT2D eigenvalue weighted by Crippen LogP contribution is -2.38. The van der Waals surface area contributed by atoms with E-state index >= 15 is 0 Å². The molecule has 1 saturated carbocycles. The molecular formula is C28H29ClN8. The first-order chi connectivity index (χ1) is 18.1. The fourth-order valence-corrected chi connectivity index (χ4v) is 4.42. The van der Waals surface area contributed by atoms with Gasteiger partial charge in [-0.15, -0.1) is 5.53 Å². The molecule has 2 heterocycles. The summed E-state index contributed by atoms with van der Waals surface area (Å²) in [5, 5.41) is 29.1. The number of aromatic nitrogens is 1. The number of hydrogen-bond donors (Lipinski definition) is 4. The summed E-state index contributed by atoms with van der Waals surface area (Å²) in [5.41, 5.74) is 10.1. The molecule has 0 saturated heterocycles. The van der Waals surface area contributed by atoms with Crippen LogP contribution in [0.15, 0.2) is 54.5 Å². The van der Waals surface area contributed by atoms with Gasteiger partial charge in [0.2, 0.25) is 0 Å². The van der Waals surface area contributed by atoms with Gasteiger partial charge in [-0.1, -0.05) is 44.5 Å². The van der Waals surface area contributed by atoms with Crippen LogP contribution in [0, 0.1) is 28.1 Å². The minimum absolute atomic E-state index is 0.0227. The monoisotopic (exact) mass is 513 g/mol. The molecule has 1 aliphatic heterocycles. The van der Waals surface area contributed by atoms with E-state index in [0.29, 0.717) is 62.3 Å². The lowest BCUT2D eigenvalue weighted by molar-refractivity contribution is 0.260. The number of pyridine rings is 1. The Morgan fingerprint density at radius 3 is 2.76 bits per heavy atom. The van der Waals surface area contributed by atoms with E-state index in [4.69, 9.17) is 11.6 Å². The second kappa shape index (κ2) is 9.82. The zero-order valence-electron chi connectivity index (χ0n) is 22.0. The third kappa shape index (κ3) is 5.41. The van der Waals surface area contributed by atoms with Crippen LogP contribution >= 0.6 is 11.6 Å². The number of benzene rings is 2. The highest BCUT2D eigenvalue weighted by Gasteiger charge is 2.32. The summed E-state index contributed by atoms with van der Waals surface area (Å²) in [7, 11) is 0. The molecule has 0 bridgehead atoms. The maximum atomic E-state index is 9.79. The Morgan fingerprint density at radius 1 is 1.24 bits per heavy atom. The highest BCUT2D eigenvalue weighted by Crippen LogP contribution is 2.37. The van der Waals surface area contributed by atoms with E-state index in [1.54, 1.807) is 24.3 Å². The highest BCUT2D eigenvalue weighted by atomic mass is 35.5. The first kappa shape index (κ1) is 23.4. The Bertz CT molecular complexity index is 1510. The van der Waals surface area contributed by atoms with Crippen molar-refractivity contribution in [1.82, 2.24) is 21.0 Å². The van der Waals surface area contributed by atoms with E-state index in [0.717, 1.165) is 12.8 Å². The van der Waals surface area contributed by atoms with Gasteiger partial charge in [0.25, 0.3) is 0 Å². The van der Waals surface area contributed by atoms with Crippen LogP contribution < -0.4 is 21.6 Å². The van der Waals surface area contributed by atoms with E-state index in [1.807, 2.05) is 23.3 Å². The van der Waals surface area contributed by atoms with Gasteiger partial charge in [-0.2, -0.15) is 10.5 Å². The van der Waals surface area contributed by atoms with Crippen LogP contribution in [0.5, 0.6) is 0 Å². The predicted octanol–water partition coefficient (Wildman–Crippen LogP) is 5.57. The van der Waals surface area contributed by atoms with Crippen molar-refractivity contribution in [2.75, 3.05) is 17.2 Å². The molecular weight excluding hydrogens is 484 g/mol. The lowest BCUT2D eigenvalue weighted by atomic mass is 9.96. The number of nitrogens with one attached hydrogen (secondary N) is 4. The molecule has 4 N–H and O–H groups in total. The van der Waals surface area contributed by atoms with Gasteiger partial charge < -0.3 is 16.1 Å². The SMILES string of the molecule is [2H][C@](Nc1cc(Cl)c2ncc(C#N)c(NCC(C)(C)C)c2c1)(C1=CN(C2CC2)NN1)c1cccc(C#N)c1. The first-order valence-corrected chi connectivity index (χ1v) is 12.6. The van der Waals surface area contributed by atoms with Gasteiger partial charge in [0.15, 0.2) is 0 Å². The van der Waals surface area contributed by atoms with E-state index in [9.17, 15) is 11.9 Å². The Morgan fingerprint density at radius 2 is 2.05 bits per heavy atom. The number of fused-ring (bicyclic) bond motifs is 1. The highest BCUT2D eigenvalue weighted by molar-refractivity contribution is 6.35. The first-order valence-electron chi connectivity index (χ1n) is 12.7. The molecule has 0 amide bonds. The molecule has 37 heavy (non-hydrogen) atoms. The van der Waals surface area contributed by atoms with Crippen LogP contribution in [0.25, 0.3) is 10.9 Å².